The molecule has 0 bridgehead atoms. The fourth-order valence-corrected chi connectivity index (χ4v) is 4.51. The second-order valence-corrected chi connectivity index (χ2v) is 8.80. The van der Waals surface area contributed by atoms with Crippen molar-refractivity contribution in [3.8, 4) is 0 Å². The fourth-order valence-electron chi connectivity index (χ4n) is 3.64. The van der Waals surface area contributed by atoms with Gasteiger partial charge in [-0.2, -0.15) is 0 Å². The van der Waals surface area contributed by atoms with Crippen molar-refractivity contribution in [1.29, 1.82) is 0 Å². The molecular weight excluding hydrogens is 330 g/mol. The van der Waals surface area contributed by atoms with Gasteiger partial charge in [-0.25, -0.2) is 4.98 Å². The van der Waals surface area contributed by atoms with E-state index in [0.717, 1.165) is 41.6 Å². The lowest BCUT2D eigenvalue weighted by atomic mass is 9.92. The maximum Gasteiger partial charge on any atom is 0.191 e. The lowest BCUT2D eigenvalue weighted by molar-refractivity contribution is 0.139. The number of hydrogen-bond acceptors (Lipinski definition) is 4. The summed E-state index contributed by atoms with van der Waals surface area (Å²) < 4.78 is 0. The molecule has 1 aliphatic rings. The summed E-state index contributed by atoms with van der Waals surface area (Å²) in [7, 11) is 1.82. The third kappa shape index (κ3) is 6.94. The van der Waals surface area contributed by atoms with Gasteiger partial charge in [0.1, 0.15) is 5.01 Å². The minimum Gasteiger partial charge on any atom is -0.356 e. The van der Waals surface area contributed by atoms with Gasteiger partial charge >= 0.3 is 0 Å². The van der Waals surface area contributed by atoms with Gasteiger partial charge in [0, 0.05) is 31.6 Å². The van der Waals surface area contributed by atoms with Gasteiger partial charge in [0.05, 0.1) is 12.2 Å². The van der Waals surface area contributed by atoms with Gasteiger partial charge in [-0.3, -0.25) is 4.99 Å². The second kappa shape index (κ2) is 10.1. The van der Waals surface area contributed by atoms with E-state index in [4.69, 9.17) is 0 Å². The van der Waals surface area contributed by atoms with Crippen molar-refractivity contribution in [3.05, 3.63) is 15.6 Å². The Morgan fingerprint density at radius 1 is 1.20 bits per heavy atom. The number of rotatable bonds is 7. The van der Waals surface area contributed by atoms with Crippen LogP contribution in [-0.4, -0.2) is 49.1 Å². The van der Waals surface area contributed by atoms with E-state index in [0.29, 0.717) is 0 Å². The number of nitrogens with one attached hydrogen (secondary N) is 2. The number of likely N-dealkylation sites (tertiary alicyclic amines) is 1. The van der Waals surface area contributed by atoms with E-state index in [1.165, 1.54) is 43.8 Å². The zero-order valence-corrected chi connectivity index (χ0v) is 17.4. The molecule has 5 nitrogen and oxygen atoms in total. The zero-order valence-electron chi connectivity index (χ0n) is 16.6. The Kier molecular flexibility index (Phi) is 8.16. The summed E-state index contributed by atoms with van der Waals surface area (Å²) in [4.78, 5) is 12.8. The smallest absolute Gasteiger partial charge is 0.191 e. The van der Waals surface area contributed by atoms with Crippen LogP contribution >= 0.6 is 11.3 Å². The van der Waals surface area contributed by atoms with Crippen LogP contribution in [0.2, 0.25) is 0 Å². The third-order valence-electron chi connectivity index (χ3n) is 4.84. The Hall–Kier alpha value is -1.14. The fraction of sp³-hybridized carbons (Fsp3) is 0.789. The lowest BCUT2D eigenvalue weighted by Crippen LogP contribution is -2.40. The van der Waals surface area contributed by atoms with E-state index in [9.17, 15) is 0 Å². The highest BCUT2D eigenvalue weighted by Crippen LogP contribution is 2.21. The van der Waals surface area contributed by atoms with Crippen molar-refractivity contribution in [2.24, 2.45) is 16.8 Å². The molecule has 1 aliphatic heterocycles. The number of thiazole rings is 1. The van der Waals surface area contributed by atoms with Crippen LogP contribution in [0.5, 0.6) is 0 Å². The summed E-state index contributed by atoms with van der Waals surface area (Å²) >= 11 is 1.75. The first-order valence-corrected chi connectivity index (χ1v) is 10.4. The summed E-state index contributed by atoms with van der Waals surface area (Å²) in [6.07, 6.45) is 3.81. The molecule has 2 N–H and O–H groups in total. The average Bonchev–Trinajstić information content (AvgIpc) is 2.87. The van der Waals surface area contributed by atoms with Crippen LogP contribution in [0.15, 0.2) is 4.99 Å². The highest BCUT2D eigenvalue weighted by Gasteiger charge is 2.20. The number of aromatic nitrogens is 1. The molecule has 2 rings (SSSR count). The summed E-state index contributed by atoms with van der Waals surface area (Å²) in [6.45, 7) is 14.4. The maximum absolute atomic E-state index is 4.56. The summed E-state index contributed by atoms with van der Waals surface area (Å²) in [5.74, 6) is 2.57. The van der Waals surface area contributed by atoms with Crippen LogP contribution in [0.1, 0.15) is 48.7 Å². The molecule has 25 heavy (non-hydrogen) atoms. The maximum atomic E-state index is 4.56. The predicted molar refractivity (Wildman–Crippen MR) is 108 cm³/mol. The summed E-state index contributed by atoms with van der Waals surface area (Å²) in [6, 6.07) is 0. The van der Waals surface area contributed by atoms with Gasteiger partial charge in [0.25, 0.3) is 0 Å². The molecule has 0 aliphatic carbocycles. The van der Waals surface area contributed by atoms with Crippen molar-refractivity contribution >= 4 is 17.3 Å². The van der Waals surface area contributed by atoms with Gasteiger partial charge in [-0.1, -0.05) is 13.8 Å². The van der Waals surface area contributed by atoms with Crippen LogP contribution < -0.4 is 10.6 Å². The molecule has 142 valence electrons. The minimum absolute atomic E-state index is 0.739. The minimum atomic E-state index is 0.739. The standard InChI is InChI=1S/C19H35N5S/c1-14-10-15(2)13-24(12-14)9-7-6-8-21-19(20-5)22-11-18-23-16(3)17(4)25-18/h14-15H,6-13H2,1-5H3,(H2,20,21,22). The summed E-state index contributed by atoms with van der Waals surface area (Å²) in [5.41, 5.74) is 1.13. The molecule has 2 heterocycles. The SMILES string of the molecule is CN=C(NCCCCN1CC(C)CC(C)C1)NCc1nc(C)c(C)s1. The van der Waals surface area contributed by atoms with E-state index < -0.39 is 0 Å². The van der Waals surface area contributed by atoms with Crippen LogP contribution in [0.3, 0.4) is 0 Å². The topological polar surface area (TPSA) is 52.6 Å². The number of aryl methyl sites for hydroxylation is 2. The molecule has 0 aromatic carbocycles. The van der Waals surface area contributed by atoms with E-state index in [-0.39, 0.29) is 0 Å². The van der Waals surface area contributed by atoms with E-state index >= 15 is 0 Å². The molecule has 0 amide bonds. The van der Waals surface area contributed by atoms with Crippen LogP contribution in [0.25, 0.3) is 0 Å². The molecule has 2 unspecified atom stereocenters. The Morgan fingerprint density at radius 2 is 1.92 bits per heavy atom. The molecule has 6 heteroatoms. The lowest BCUT2D eigenvalue weighted by Gasteiger charge is -2.34. The molecule has 1 fully saturated rings. The molecule has 1 aromatic heterocycles. The van der Waals surface area contributed by atoms with Gasteiger partial charge in [-0.15, -0.1) is 11.3 Å². The van der Waals surface area contributed by atoms with Crippen LogP contribution in [0.4, 0.5) is 0 Å². The normalized spacial score (nSPS) is 22.2. The van der Waals surface area contributed by atoms with Crippen molar-refractivity contribution < 1.29 is 0 Å². The van der Waals surface area contributed by atoms with E-state index in [1.54, 1.807) is 11.3 Å². The number of unbranched alkanes of at least 4 members (excludes halogenated alkanes) is 1. The van der Waals surface area contributed by atoms with Crippen molar-refractivity contribution in [2.45, 2.75) is 53.5 Å². The number of aliphatic imine (C=N–C) groups is 1. The molecule has 1 aromatic rings. The molecular formula is C19H35N5S. The first kappa shape index (κ1) is 20.2. The number of hydrogen-bond donors (Lipinski definition) is 2. The van der Waals surface area contributed by atoms with Crippen molar-refractivity contribution in [1.82, 2.24) is 20.5 Å². The first-order chi connectivity index (χ1) is 12.0. The number of piperidine rings is 1. The van der Waals surface area contributed by atoms with Gasteiger partial charge in [0.15, 0.2) is 5.96 Å². The van der Waals surface area contributed by atoms with Gasteiger partial charge in [-0.05, 0) is 51.5 Å². The number of guanidine groups is 1. The monoisotopic (exact) mass is 365 g/mol. The van der Waals surface area contributed by atoms with Gasteiger partial charge in [0.2, 0.25) is 0 Å². The Bertz CT molecular complexity index is 525. The zero-order chi connectivity index (χ0) is 18.2. The summed E-state index contributed by atoms with van der Waals surface area (Å²) in [5, 5.41) is 7.89. The molecule has 0 saturated carbocycles. The molecule has 2 atom stereocenters. The molecule has 0 radical (unpaired) electrons. The van der Waals surface area contributed by atoms with E-state index in [1.807, 2.05) is 7.05 Å². The van der Waals surface area contributed by atoms with Crippen LogP contribution in [-0.2, 0) is 6.54 Å². The van der Waals surface area contributed by atoms with Crippen LogP contribution in [0, 0.1) is 25.7 Å². The largest absolute Gasteiger partial charge is 0.356 e. The first-order valence-electron chi connectivity index (χ1n) is 9.57. The average molecular weight is 366 g/mol. The second-order valence-electron chi connectivity index (χ2n) is 7.51. The molecule has 1 saturated heterocycles. The number of nitrogens with zero attached hydrogens (tertiary/aromatic N) is 3. The third-order valence-corrected chi connectivity index (χ3v) is 5.91. The quantitative estimate of drug-likeness (QED) is 0.443. The predicted octanol–water partition coefficient (Wildman–Crippen LogP) is 3.18. The highest BCUT2D eigenvalue weighted by atomic mass is 32.1. The molecule has 0 spiro atoms. The van der Waals surface area contributed by atoms with Crippen molar-refractivity contribution in [2.75, 3.05) is 33.2 Å². The van der Waals surface area contributed by atoms with Gasteiger partial charge < -0.3 is 15.5 Å². The Morgan fingerprint density at radius 3 is 2.52 bits per heavy atom. The highest BCUT2D eigenvalue weighted by molar-refractivity contribution is 7.11. The Labute approximate surface area is 157 Å². The van der Waals surface area contributed by atoms with E-state index in [2.05, 4.69) is 53.2 Å². The van der Waals surface area contributed by atoms with Crippen molar-refractivity contribution in [3.63, 3.8) is 0 Å². The Balaban J connectivity index is 1.59.